The van der Waals surface area contributed by atoms with Gasteiger partial charge in [0.1, 0.15) is 5.82 Å². The van der Waals surface area contributed by atoms with Crippen LogP contribution in [0.4, 0.5) is 0 Å². The van der Waals surface area contributed by atoms with E-state index in [0.29, 0.717) is 17.0 Å². The summed E-state index contributed by atoms with van der Waals surface area (Å²) in [6, 6.07) is 14.8. The Kier molecular flexibility index (Phi) is 4.39. The molecule has 0 aliphatic carbocycles. The van der Waals surface area contributed by atoms with E-state index >= 15 is 0 Å². The molecule has 0 atom stereocenters. The molecule has 3 aromatic rings. The predicted octanol–water partition coefficient (Wildman–Crippen LogP) is 3.01. The number of ether oxygens (including phenoxy) is 1. The van der Waals surface area contributed by atoms with E-state index in [1.165, 1.54) is 0 Å². The van der Waals surface area contributed by atoms with Crippen molar-refractivity contribution in [1.82, 2.24) is 14.9 Å². The maximum Gasteiger partial charge on any atom is 0.339 e. The van der Waals surface area contributed by atoms with Gasteiger partial charge in [0.2, 0.25) is 0 Å². The SMILES string of the molecule is O=C(OCC(=O)N1CCCC1)c1ccccc1-c1nc2ccccc2[nH]1. The lowest BCUT2D eigenvalue weighted by Crippen LogP contribution is -2.32. The van der Waals surface area contributed by atoms with Crippen molar-refractivity contribution < 1.29 is 14.3 Å². The number of esters is 1. The van der Waals surface area contributed by atoms with Gasteiger partial charge in [0, 0.05) is 18.7 Å². The van der Waals surface area contributed by atoms with Crippen LogP contribution in [-0.2, 0) is 9.53 Å². The van der Waals surface area contributed by atoms with E-state index < -0.39 is 5.97 Å². The number of aromatic nitrogens is 2. The monoisotopic (exact) mass is 349 g/mol. The Morgan fingerprint density at radius 1 is 1.04 bits per heavy atom. The lowest BCUT2D eigenvalue weighted by Gasteiger charge is -2.15. The number of rotatable bonds is 4. The van der Waals surface area contributed by atoms with Crippen LogP contribution < -0.4 is 0 Å². The first-order valence-corrected chi connectivity index (χ1v) is 8.71. The van der Waals surface area contributed by atoms with Crippen molar-refractivity contribution in [2.45, 2.75) is 12.8 Å². The molecule has 0 saturated carbocycles. The standard InChI is InChI=1S/C20H19N3O3/c24-18(23-11-5-6-12-23)13-26-20(25)15-8-2-1-7-14(15)19-21-16-9-3-4-10-17(16)22-19/h1-4,7-10H,5-6,11-13H2,(H,21,22). The largest absolute Gasteiger partial charge is 0.452 e. The number of nitrogens with one attached hydrogen (secondary N) is 1. The van der Waals surface area contributed by atoms with Crippen molar-refractivity contribution in [3.8, 4) is 11.4 Å². The minimum atomic E-state index is -0.520. The van der Waals surface area contributed by atoms with Crippen LogP contribution in [0.3, 0.4) is 0 Å². The van der Waals surface area contributed by atoms with Crippen LogP contribution in [0, 0.1) is 0 Å². The summed E-state index contributed by atoms with van der Waals surface area (Å²) >= 11 is 0. The molecule has 1 amide bonds. The van der Waals surface area contributed by atoms with Gasteiger partial charge in [0.25, 0.3) is 5.91 Å². The second-order valence-electron chi connectivity index (χ2n) is 6.31. The molecule has 6 nitrogen and oxygen atoms in total. The van der Waals surface area contributed by atoms with Crippen LogP contribution in [0.25, 0.3) is 22.4 Å². The number of para-hydroxylation sites is 2. The number of carbonyl (C=O) groups is 2. The number of hydrogen-bond donors (Lipinski definition) is 1. The lowest BCUT2D eigenvalue weighted by molar-refractivity contribution is -0.133. The highest BCUT2D eigenvalue weighted by Crippen LogP contribution is 2.24. The molecule has 0 spiro atoms. The van der Waals surface area contributed by atoms with E-state index in [9.17, 15) is 9.59 Å². The summed E-state index contributed by atoms with van der Waals surface area (Å²) in [5.74, 6) is -0.0599. The maximum absolute atomic E-state index is 12.5. The fourth-order valence-electron chi connectivity index (χ4n) is 3.21. The first-order chi connectivity index (χ1) is 12.7. The van der Waals surface area contributed by atoms with Gasteiger partial charge in [-0.15, -0.1) is 0 Å². The van der Waals surface area contributed by atoms with Crippen LogP contribution in [0.2, 0.25) is 0 Å². The summed E-state index contributed by atoms with van der Waals surface area (Å²) in [6.07, 6.45) is 2.02. The van der Waals surface area contributed by atoms with E-state index in [1.54, 1.807) is 17.0 Å². The third-order valence-electron chi connectivity index (χ3n) is 4.58. The molecule has 2 aromatic carbocycles. The fourth-order valence-corrected chi connectivity index (χ4v) is 3.21. The number of aromatic amines is 1. The van der Waals surface area contributed by atoms with Crippen molar-refractivity contribution in [2.75, 3.05) is 19.7 Å². The smallest absolute Gasteiger partial charge is 0.339 e. The summed E-state index contributed by atoms with van der Waals surface area (Å²) in [5.41, 5.74) is 2.77. The number of H-pyrrole nitrogens is 1. The van der Waals surface area contributed by atoms with Gasteiger partial charge in [-0.05, 0) is 31.0 Å². The quantitative estimate of drug-likeness (QED) is 0.735. The zero-order valence-corrected chi connectivity index (χ0v) is 14.3. The third-order valence-corrected chi connectivity index (χ3v) is 4.58. The van der Waals surface area contributed by atoms with Crippen molar-refractivity contribution in [2.24, 2.45) is 0 Å². The minimum absolute atomic E-state index is 0.142. The molecule has 1 saturated heterocycles. The molecule has 1 aromatic heterocycles. The van der Waals surface area contributed by atoms with Crippen molar-refractivity contribution in [3.63, 3.8) is 0 Å². The molecule has 0 radical (unpaired) electrons. The molecule has 26 heavy (non-hydrogen) atoms. The van der Waals surface area contributed by atoms with Crippen LogP contribution in [0.1, 0.15) is 23.2 Å². The molecule has 6 heteroatoms. The minimum Gasteiger partial charge on any atom is -0.452 e. The third kappa shape index (κ3) is 3.18. The molecule has 4 rings (SSSR count). The first-order valence-electron chi connectivity index (χ1n) is 8.71. The number of nitrogens with zero attached hydrogens (tertiary/aromatic N) is 2. The van der Waals surface area contributed by atoms with Gasteiger partial charge >= 0.3 is 5.97 Å². The summed E-state index contributed by atoms with van der Waals surface area (Å²) in [7, 11) is 0. The molecule has 0 unspecified atom stereocenters. The van der Waals surface area contributed by atoms with Gasteiger partial charge in [-0.3, -0.25) is 4.79 Å². The second-order valence-corrected chi connectivity index (χ2v) is 6.31. The number of benzene rings is 2. The Hall–Kier alpha value is -3.15. The number of carbonyl (C=O) groups excluding carboxylic acids is 2. The Labute approximate surface area is 150 Å². The zero-order valence-electron chi connectivity index (χ0n) is 14.3. The molecule has 1 N–H and O–H groups in total. The summed E-state index contributed by atoms with van der Waals surface area (Å²) in [6.45, 7) is 1.26. The summed E-state index contributed by atoms with van der Waals surface area (Å²) < 4.78 is 5.27. The van der Waals surface area contributed by atoms with Crippen LogP contribution in [0.5, 0.6) is 0 Å². The summed E-state index contributed by atoms with van der Waals surface area (Å²) in [5, 5.41) is 0. The molecule has 2 heterocycles. The topological polar surface area (TPSA) is 75.3 Å². The van der Waals surface area contributed by atoms with Gasteiger partial charge in [-0.2, -0.15) is 0 Å². The van der Waals surface area contributed by atoms with E-state index in [2.05, 4.69) is 9.97 Å². The van der Waals surface area contributed by atoms with Crippen LogP contribution in [-0.4, -0.2) is 46.4 Å². The van der Waals surface area contributed by atoms with E-state index in [-0.39, 0.29) is 12.5 Å². The van der Waals surface area contributed by atoms with Crippen LogP contribution >= 0.6 is 0 Å². The number of imidazole rings is 1. The molecule has 0 bridgehead atoms. The van der Waals surface area contributed by atoms with Gasteiger partial charge in [-0.1, -0.05) is 30.3 Å². The average Bonchev–Trinajstić information content (AvgIpc) is 3.35. The number of likely N-dealkylation sites (tertiary alicyclic amines) is 1. The number of hydrogen-bond acceptors (Lipinski definition) is 4. The van der Waals surface area contributed by atoms with Gasteiger partial charge in [0.15, 0.2) is 6.61 Å². The fraction of sp³-hybridized carbons (Fsp3) is 0.250. The van der Waals surface area contributed by atoms with Gasteiger partial charge < -0.3 is 14.6 Å². The Morgan fingerprint density at radius 2 is 1.77 bits per heavy atom. The second kappa shape index (κ2) is 7.00. The maximum atomic E-state index is 12.5. The zero-order chi connectivity index (χ0) is 17.9. The Balaban J connectivity index is 1.55. The van der Waals surface area contributed by atoms with Crippen molar-refractivity contribution in [3.05, 3.63) is 54.1 Å². The molecule has 1 aliphatic heterocycles. The first kappa shape index (κ1) is 16.3. The number of amides is 1. The van der Waals surface area contributed by atoms with Crippen LogP contribution in [0.15, 0.2) is 48.5 Å². The lowest BCUT2D eigenvalue weighted by atomic mass is 10.1. The van der Waals surface area contributed by atoms with Gasteiger partial charge in [-0.25, -0.2) is 9.78 Å². The Morgan fingerprint density at radius 3 is 2.58 bits per heavy atom. The summed E-state index contributed by atoms with van der Waals surface area (Å²) in [4.78, 5) is 34.1. The Bertz CT molecular complexity index is 925. The normalized spacial score (nSPS) is 13.9. The van der Waals surface area contributed by atoms with Gasteiger partial charge in [0.05, 0.1) is 16.6 Å². The molecular weight excluding hydrogens is 330 g/mol. The molecule has 132 valence electrons. The highest BCUT2D eigenvalue weighted by atomic mass is 16.5. The van der Waals surface area contributed by atoms with Crippen molar-refractivity contribution >= 4 is 22.9 Å². The molecular formula is C20H19N3O3. The highest BCUT2D eigenvalue weighted by molar-refractivity contribution is 5.98. The highest BCUT2D eigenvalue weighted by Gasteiger charge is 2.21. The van der Waals surface area contributed by atoms with E-state index in [4.69, 9.17) is 4.74 Å². The molecule has 1 aliphatic rings. The van der Waals surface area contributed by atoms with E-state index in [1.807, 2.05) is 36.4 Å². The molecule has 1 fully saturated rings. The average molecular weight is 349 g/mol. The number of fused-ring (bicyclic) bond motifs is 1. The predicted molar refractivity (Wildman–Crippen MR) is 97.6 cm³/mol. The van der Waals surface area contributed by atoms with Crippen molar-refractivity contribution in [1.29, 1.82) is 0 Å². The van der Waals surface area contributed by atoms with E-state index in [0.717, 1.165) is 37.0 Å².